The van der Waals surface area contributed by atoms with Crippen LogP contribution in [0.4, 0.5) is 17.8 Å². The minimum atomic E-state index is 0.367. The summed E-state index contributed by atoms with van der Waals surface area (Å²) < 4.78 is 0. The molecule has 118 valence electrons. The summed E-state index contributed by atoms with van der Waals surface area (Å²) >= 11 is 0. The van der Waals surface area contributed by atoms with Crippen LogP contribution in [0.1, 0.15) is 46.5 Å². The number of hydrogen-bond donors (Lipinski definition) is 2. The number of aromatic nitrogens is 3. The van der Waals surface area contributed by atoms with Gasteiger partial charge < -0.3 is 15.5 Å². The highest BCUT2D eigenvalue weighted by Gasteiger charge is 2.17. The predicted octanol–water partition coefficient (Wildman–Crippen LogP) is 2.75. The standard InChI is InChI=1S/C15H28N6/c1-11(2)7-8-12(3)17-14-18-13(16-4)19-15(20-14)21-9-5-6-10-21/h11-12H,5-10H2,1-4H3,(H2,16,17,18,19,20). The molecule has 2 N–H and O–H groups in total. The maximum absolute atomic E-state index is 4.58. The summed E-state index contributed by atoms with van der Waals surface area (Å²) in [6, 6.07) is 0.367. The summed E-state index contributed by atoms with van der Waals surface area (Å²) in [6.45, 7) is 8.76. The van der Waals surface area contributed by atoms with E-state index in [0.717, 1.165) is 31.4 Å². The van der Waals surface area contributed by atoms with E-state index in [-0.39, 0.29) is 0 Å². The molecule has 1 atom stereocenters. The Balaban J connectivity index is 2.05. The van der Waals surface area contributed by atoms with Crippen molar-refractivity contribution in [2.45, 2.75) is 52.5 Å². The van der Waals surface area contributed by atoms with Crippen LogP contribution in [0, 0.1) is 5.92 Å². The van der Waals surface area contributed by atoms with E-state index in [1.54, 1.807) is 0 Å². The molecule has 0 aromatic carbocycles. The van der Waals surface area contributed by atoms with Crippen LogP contribution in [0.2, 0.25) is 0 Å². The Kier molecular flexibility index (Phi) is 5.59. The largest absolute Gasteiger partial charge is 0.357 e. The monoisotopic (exact) mass is 292 g/mol. The Morgan fingerprint density at radius 3 is 2.29 bits per heavy atom. The van der Waals surface area contributed by atoms with Crippen molar-refractivity contribution in [2.24, 2.45) is 5.92 Å². The number of hydrogen-bond acceptors (Lipinski definition) is 6. The normalized spacial score (nSPS) is 16.3. The van der Waals surface area contributed by atoms with Gasteiger partial charge in [0.15, 0.2) is 0 Å². The highest BCUT2D eigenvalue weighted by molar-refractivity contribution is 5.44. The molecule has 6 nitrogen and oxygen atoms in total. The van der Waals surface area contributed by atoms with Crippen LogP contribution in [-0.4, -0.2) is 41.1 Å². The third-order valence-corrected chi connectivity index (χ3v) is 3.79. The number of anilines is 3. The maximum Gasteiger partial charge on any atom is 0.231 e. The molecule has 0 spiro atoms. The Morgan fingerprint density at radius 2 is 1.67 bits per heavy atom. The lowest BCUT2D eigenvalue weighted by Crippen LogP contribution is -2.24. The molecule has 1 unspecified atom stereocenters. The van der Waals surface area contributed by atoms with Gasteiger partial charge in [-0.2, -0.15) is 15.0 Å². The van der Waals surface area contributed by atoms with Crippen LogP contribution in [0.3, 0.4) is 0 Å². The van der Waals surface area contributed by atoms with Gasteiger partial charge in [-0.25, -0.2) is 0 Å². The SMILES string of the molecule is CNc1nc(NC(C)CCC(C)C)nc(N2CCCC2)n1. The summed E-state index contributed by atoms with van der Waals surface area (Å²) in [5.41, 5.74) is 0. The Labute approximate surface area is 127 Å². The summed E-state index contributed by atoms with van der Waals surface area (Å²) in [6.07, 6.45) is 4.76. The maximum atomic E-state index is 4.58. The molecule has 1 aromatic rings. The first kappa shape index (κ1) is 15.8. The minimum absolute atomic E-state index is 0.367. The number of nitrogens with zero attached hydrogens (tertiary/aromatic N) is 4. The topological polar surface area (TPSA) is 66.0 Å². The molecule has 1 fully saturated rings. The molecule has 21 heavy (non-hydrogen) atoms. The van der Waals surface area contributed by atoms with Crippen molar-refractivity contribution in [3.63, 3.8) is 0 Å². The second kappa shape index (κ2) is 7.43. The van der Waals surface area contributed by atoms with Gasteiger partial charge in [0.2, 0.25) is 17.8 Å². The van der Waals surface area contributed by atoms with Crippen molar-refractivity contribution >= 4 is 17.8 Å². The quantitative estimate of drug-likeness (QED) is 0.805. The highest BCUT2D eigenvalue weighted by atomic mass is 15.3. The molecule has 1 saturated heterocycles. The van der Waals surface area contributed by atoms with Crippen molar-refractivity contribution in [3.8, 4) is 0 Å². The Morgan fingerprint density at radius 1 is 1.00 bits per heavy atom. The molecule has 0 bridgehead atoms. The molecule has 1 aromatic heterocycles. The predicted molar refractivity (Wildman–Crippen MR) is 88.0 cm³/mol. The van der Waals surface area contributed by atoms with Crippen LogP contribution in [-0.2, 0) is 0 Å². The van der Waals surface area contributed by atoms with E-state index < -0.39 is 0 Å². The Bertz CT molecular complexity index is 442. The average molecular weight is 292 g/mol. The van der Waals surface area contributed by atoms with Gasteiger partial charge in [0, 0.05) is 26.2 Å². The van der Waals surface area contributed by atoms with Crippen molar-refractivity contribution < 1.29 is 0 Å². The molecule has 1 aliphatic heterocycles. The fourth-order valence-corrected chi connectivity index (χ4v) is 2.48. The third kappa shape index (κ3) is 4.72. The summed E-state index contributed by atoms with van der Waals surface area (Å²) in [7, 11) is 1.84. The van der Waals surface area contributed by atoms with E-state index in [1.807, 2.05) is 7.05 Å². The fourth-order valence-electron chi connectivity index (χ4n) is 2.48. The molecule has 1 aliphatic rings. The van der Waals surface area contributed by atoms with Gasteiger partial charge in [-0.05, 0) is 38.5 Å². The summed E-state index contributed by atoms with van der Waals surface area (Å²) in [5.74, 6) is 2.81. The van der Waals surface area contributed by atoms with E-state index in [0.29, 0.717) is 17.9 Å². The van der Waals surface area contributed by atoms with Crippen LogP contribution in [0.15, 0.2) is 0 Å². The van der Waals surface area contributed by atoms with Crippen molar-refractivity contribution in [1.29, 1.82) is 0 Å². The molecule has 2 rings (SSSR count). The molecule has 0 radical (unpaired) electrons. The lowest BCUT2D eigenvalue weighted by Gasteiger charge is -2.19. The fraction of sp³-hybridized carbons (Fsp3) is 0.800. The number of rotatable bonds is 7. The molecule has 6 heteroatoms. The van der Waals surface area contributed by atoms with Gasteiger partial charge in [0.25, 0.3) is 0 Å². The first-order valence-corrected chi connectivity index (χ1v) is 8.03. The zero-order valence-corrected chi connectivity index (χ0v) is 13.7. The third-order valence-electron chi connectivity index (χ3n) is 3.79. The van der Waals surface area contributed by atoms with Gasteiger partial charge >= 0.3 is 0 Å². The van der Waals surface area contributed by atoms with Crippen molar-refractivity contribution in [3.05, 3.63) is 0 Å². The van der Waals surface area contributed by atoms with E-state index in [4.69, 9.17) is 0 Å². The van der Waals surface area contributed by atoms with Crippen LogP contribution < -0.4 is 15.5 Å². The summed E-state index contributed by atoms with van der Waals surface area (Å²) in [5, 5.41) is 6.43. The lowest BCUT2D eigenvalue weighted by molar-refractivity contribution is 0.526. The van der Waals surface area contributed by atoms with Crippen LogP contribution in [0.5, 0.6) is 0 Å². The van der Waals surface area contributed by atoms with E-state index in [9.17, 15) is 0 Å². The zero-order chi connectivity index (χ0) is 15.2. The van der Waals surface area contributed by atoms with Gasteiger partial charge in [-0.15, -0.1) is 0 Å². The minimum Gasteiger partial charge on any atom is -0.357 e. The number of nitrogens with one attached hydrogen (secondary N) is 2. The molecule has 0 amide bonds. The van der Waals surface area contributed by atoms with Gasteiger partial charge in [-0.1, -0.05) is 13.8 Å². The second-order valence-electron chi connectivity index (χ2n) is 6.24. The van der Waals surface area contributed by atoms with E-state index >= 15 is 0 Å². The van der Waals surface area contributed by atoms with Crippen LogP contribution in [0.25, 0.3) is 0 Å². The Hall–Kier alpha value is -1.59. The van der Waals surface area contributed by atoms with Crippen LogP contribution >= 0.6 is 0 Å². The van der Waals surface area contributed by atoms with Crippen molar-refractivity contribution in [1.82, 2.24) is 15.0 Å². The van der Waals surface area contributed by atoms with E-state index in [2.05, 4.69) is 51.3 Å². The van der Waals surface area contributed by atoms with E-state index in [1.165, 1.54) is 19.3 Å². The molecule has 0 saturated carbocycles. The molecular weight excluding hydrogens is 264 g/mol. The molecular formula is C15H28N6. The smallest absolute Gasteiger partial charge is 0.231 e. The van der Waals surface area contributed by atoms with Gasteiger partial charge in [0.05, 0.1) is 0 Å². The van der Waals surface area contributed by atoms with Gasteiger partial charge in [0.1, 0.15) is 0 Å². The first-order chi connectivity index (χ1) is 10.1. The molecule has 2 heterocycles. The lowest BCUT2D eigenvalue weighted by atomic mass is 10.0. The van der Waals surface area contributed by atoms with Gasteiger partial charge in [-0.3, -0.25) is 0 Å². The second-order valence-corrected chi connectivity index (χ2v) is 6.24. The highest BCUT2D eigenvalue weighted by Crippen LogP contribution is 2.19. The molecule has 0 aliphatic carbocycles. The summed E-state index contributed by atoms with van der Waals surface area (Å²) in [4.78, 5) is 15.7. The van der Waals surface area contributed by atoms with Crippen molar-refractivity contribution in [2.75, 3.05) is 35.7 Å². The first-order valence-electron chi connectivity index (χ1n) is 8.03. The average Bonchev–Trinajstić information content (AvgIpc) is 2.99. The zero-order valence-electron chi connectivity index (χ0n) is 13.7.